The van der Waals surface area contributed by atoms with Crippen molar-refractivity contribution in [3.63, 3.8) is 0 Å². The molecule has 1 saturated heterocycles. The fourth-order valence-electron chi connectivity index (χ4n) is 3.79. The summed E-state index contributed by atoms with van der Waals surface area (Å²) in [5.41, 5.74) is 1.57. The van der Waals surface area contributed by atoms with Crippen molar-refractivity contribution in [3.8, 4) is 17.0 Å². The van der Waals surface area contributed by atoms with Crippen LogP contribution in [0.3, 0.4) is 0 Å². The molecule has 0 unspecified atom stereocenters. The Labute approximate surface area is 169 Å². The highest BCUT2D eigenvalue weighted by molar-refractivity contribution is 5.58. The molecule has 6 heteroatoms. The molecule has 0 radical (unpaired) electrons. The zero-order valence-corrected chi connectivity index (χ0v) is 16.5. The minimum absolute atomic E-state index is 0.264. The van der Waals surface area contributed by atoms with Crippen molar-refractivity contribution in [1.29, 1.82) is 0 Å². The van der Waals surface area contributed by atoms with Crippen molar-refractivity contribution < 1.29 is 18.8 Å². The van der Waals surface area contributed by atoms with E-state index in [0.717, 1.165) is 11.3 Å². The molecule has 1 aromatic heterocycles. The van der Waals surface area contributed by atoms with Crippen LogP contribution in [0.2, 0.25) is 0 Å². The molecular weight excluding hydrogens is 371 g/mol. The fraction of sp³-hybridized carbons (Fsp3) is 0.348. The van der Waals surface area contributed by atoms with E-state index < -0.39 is 5.60 Å². The number of ether oxygens (including phenoxy) is 1. The SMILES string of the molecule is COc1ccc(CN2CCC(O)(Cc3cc(-c4ccccc4)no3)CC2)c(F)c1. The van der Waals surface area contributed by atoms with Gasteiger partial charge in [-0.2, -0.15) is 0 Å². The van der Waals surface area contributed by atoms with Crippen LogP contribution >= 0.6 is 0 Å². The van der Waals surface area contributed by atoms with Gasteiger partial charge in [0.25, 0.3) is 0 Å². The van der Waals surface area contributed by atoms with Crippen LogP contribution in [0, 0.1) is 5.82 Å². The number of benzene rings is 2. The predicted molar refractivity (Wildman–Crippen MR) is 108 cm³/mol. The third kappa shape index (κ3) is 4.66. The van der Waals surface area contributed by atoms with Crippen LogP contribution in [0.1, 0.15) is 24.2 Å². The van der Waals surface area contributed by atoms with Gasteiger partial charge in [-0.15, -0.1) is 0 Å². The number of nitrogens with zero attached hydrogens (tertiary/aromatic N) is 2. The molecule has 0 amide bonds. The lowest BCUT2D eigenvalue weighted by atomic mass is 9.87. The van der Waals surface area contributed by atoms with Gasteiger partial charge < -0.3 is 14.4 Å². The summed E-state index contributed by atoms with van der Waals surface area (Å²) < 4.78 is 24.7. The van der Waals surface area contributed by atoms with Crippen molar-refractivity contribution >= 4 is 0 Å². The summed E-state index contributed by atoms with van der Waals surface area (Å²) in [6.45, 7) is 1.91. The Balaban J connectivity index is 1.34. The largest absolute Gasteiger partial charge is 0.497 e. The predicted octanol–water partition coefficient (Wildman–Crippen LogP) is 4.06. The second kappa shape index (κ2) is 8.35. The molecule has 1 fully saturated rings. The molecule has 29 heavy (non-hydrogen) atoms. The van der Waals surface area contributed by atoms with E-state index in [9.17, 15) is 9.50 Å². The Morgan fingerprint density at radius 3 is 2.59 bits per heavy atom. The minimum Gasteiger partial charge on any atom is -0.497 e. The Kier molecular flexibility index (Phi) is 5.65. The van der Waals surface area contributed by atoms with Gasteiger partial charge in [0.1, 0.15) is 23.0 Å². The normalized spacial score (nSPS) is 16.7. The Bertz CT molecular complexity index is 950. The first-order valence-corrected chi connectivity index (χ1v) is 9.83. The van der Waals surface area contributed by atoms with Crippen LogP contribution < -0.4 is 4.74 Å². The fourth-order valence-corrected chi connectivity index (χ4v) is 3.79. The van der Waals surface area contributed by atoms with Gasteiger partial charge in [0.2, 0.25) is 0 Å². The van der Waals surface area contributed by atoms with Gasteiger partial charge in [-0.3, -0.25) is 4.90 Å². The summed E-state index contributed by atoms with van der Waals surface area (Å²) in [5.74, 6) is 0.933. The number of rotatable bonds is 6. The molecule has 1 aliphatic heterocycles. The number of hydrogen-bond donors (Lipinski definition) is 1. The van der Waals surface area contributed by atoms with Crippen molar-refractivity contribution in [3.05, 3.63) is 71.7 Å². The number of hydrogen-bond acceptors (Lipinski definition) is 5. The van der Waals surface area contributed by atoms with E-state index in [1.54, 1.807) is 12.1 Å². The Morgan fingerprint density at radius 1 is 1.14 bits per heavy atom. The smallest absolute Gasteiger partial charge is 0.140 e. The summed E-state index contributed by atoms with van der Waals surface area (Å²) in [4.78, 5) is 2.16. The maximum atomic E-state index is 14.2. The number of aliphatic hydroxyl groups is 1. The molecule has 152 valence electrons. The highest BCUT2D eigenvalue weighted by atomic mass is 19.1. The van der Waals surface area contributed by atoms with E-state index in [-0.39, 0.29) is 5.82 Å². The van der Waals surface area contributed by atoms with E-state index in [1.165, 1.54) is 13.2 Å². The standard InChI is InChI=1S/C23H25FN2O3/c1-28-19-8-7-18(21(24)13-19)16-26-11-9-23(27,10-12-26)15-20-14-22(25-29-20)17-5-3-2-4-6-17/h2-8,13-14,27H,9-12,15-16H2,1H3. The van der Waals surface area contributed by atoms with Crippen molar-refractivity contribution in [1.82, 2.24) is 10.1 Å². The summed E-state index contributed by atoms with van der Waals surface area (Å²) in [6, 6.07) is 16.7. The molecule has 1 N–H and O–H groups in total. The van der Waals surface area contributed by atoms with Gasteiger partial charge in [0.05, 0.1) is 12.7 Å². The molecule has 0 aliphatic carbocycles. The number of likely N-dealkylation sites (tertiary alicyclic amines) is 1. The molecule has 2 aromatic carbocycles. The highest BCUT2D eigenvalue weighted by Crippen LogP contribution is 2.29. The topological polar surface area (TPSA) is 58.7 Å². The number of piperidine rings is 1. The van der Waals surface area contributed by atoms with Crippen LogP contribution in [-0.4, -0.2) is 41.0 Å². The average Bonchev–Trinajstić information content (AvgIpc) is 3.20. The quantitative estimate of drug-likeness (QED) is 0.681. The third-order valence-corrected chi connectivity index (χ3v) is 5.57. The van der Waals surface area contributed by atoms with Crippen LogP contribution in [0.5, 0.6) is 5.75 Å². The lowest BCUT2D eigenvalue weighted by molar-refractivity contribution is -0.0267. The lowest BCUT2D eigenvalue weighted by Crippen LogP contribution is -2.45. The zero-order chi connectivity index (χ0) is 20.3. The van der Waals surface area contributed by atoms with Crippen molar-refractivity contribution in [2.45, 2.75) is 31.4 Å². The van der Waals surface area contributed by atoms with Gasteiger partial charge in [-0.1, -0.05) is 41.6 Å². The molecule has 0 spiro atoms. The second-order valence-corrected chi connectivity index (χ2v) is 7.68. The minimum atomic E-state index is -0.831. The third-order valence-electron chi connectivity index (χ3n) is 5.57. The van der Waals surface area contributed by atoms with Crippen LogP contribution in [0.25, 0.3) is 11.3 Å². The summed E-state index contributed by atoms with van der Waals surface area (Å²) in [6.07, 6.45) is 1.63. The highest BCUT2D eigenvalue weighted by Gasteiger charge is 2.34. The number of halogens is 1. The molecule has 0 atom stereocenters. The molecule has 0 saturated carbocycles. The van der Waals surface area contributed by atoms with Gasteiger partial charge in [-0.25, -0.2) is 4.39 Å². The summed E-state index contributed by atoms with van der Waals surface area (Å²) >= 11 is 0. The number of methoxy groups -OCH3 is 1. The van der Waals surface area contributed by atoms with Crippen molar-refractivity contribution in [2.75, 3.05) is 20.2 Å². The Hall–Kier alpha value is -2.70. The van der Waals surface area contributed by atoms with Crippen LogP contribution in [-0.2, 0) is 13.0 Å². The van der Waals surface area contributed by atoms with E-state index in [2.05, 4.69) is 10.1 Å². The molecule has 5 nitrogen and oxygen atoms in total. The van der Waals surface area contributed by atoms with Gasteiger partial charge >= 0.3 is 0 Å². The second-order valence-electron chi connectivity index (χ2n) is 7.68. The monoisotopic (exact) mass is 396 g/mol. The molecule has 2 heterocycles. The van der Waals surface area contributed by atoms with Crippen LogP contribution in [0.4, 0.5) is 4.39 Å². The molecular formula is C23H25FN2O3. The first-order valence-electron chi connectivity index (χ1n) is 9.83. The number of aromatic nitrogens is 1. The summed E-state index contributed by atoms with van der Waals surface area (Å²) in [7, 11) is 1.53. The molecule has 0 bridgehead atoms. The Morgan fingerprint density at radius 2 is 1.90 bits per heavy atom. The van der Waals surface area contributed by atoms with E-state index in [0.29, 0.717) is 56.0 Å². The van der Waals surface area contributed by atoms with Crippen molar-refractivity contribution in [2.24, 2.45) is 0 Å². The lowest BCUT2D eigenvalue weighted by Gasteiger charge is -2.37. The molecule has 1 aliphatic rings. The van der Waals surface area contributed by atoms with E-state index in [1.807, 2.05) is 36.4 Å². The van der Waals surface area contributed by atoms with E-state index in [4.69, 9.17) is 9.26 Å². The van der Waals surface area contributed by atoms with Gasteiger partial charge in [-0.05, 0) is 18.9 Å². The molecule has 4 rings (SSSR count). The first-order chi connectivity index (χ1) is 14.0. The zero-order valence-electron chi connectivity index (χ0n) is 16.5. The summed E-state index contributed by atoms with van der Waals surface area (Å²) in [5, 5.41) is 15.1. The maximum absolute atomic E-state index is 14.2. The van der Waals surface area contributed by atoms with Gasteiger partial charge in [0.15, 0.2) is 0 Å². The average molecular weight is 396 g/mol. The molecule has 3 aromatic rings. The maximum Gasteiger partial charge on any atom is 0.140 e. The van der Waals surface area contributed by atoms with Gasteiger partial charge in [0, 0.05) is 49.3 Å². The van der Waals surface area contributed by atoms with Crippen LogP contribution in [0.15, 0.2) is 59.1 Å². The first kappa shape index (κ1) is 19.6. The van der Waals surface area contributed by atoms with E-state index >= 15 is 0 Å².